The van der Waals surface area contributed by atoms with Crippen LogP contribution < -0.4 is 0 Å². The second-order valence-corrected chi connectivity index (χ2v) is 6.06. The Morgan fingerprint density at radius 2 is 1.75 bits per heavy atom. The molecule has 1 aliphatic heterocycles. The van der Waals surface area contributed by atoms with Crippen molar-refractivity contribution in [3.8, 4) is 0 Å². The predicted molar refractivity (Wildman–Crippen MR) is 62.3 cm³/mol. The topological polar surface area (TPSA) is 0 Å². The fourth-order valence-corrected chi connectivity index (χ4v) is 4.84. The highest BCUT2D eigenvalue weighted by Crippen LogP contribution is 2.35. The van der Waals surface area contributed by atoms with Crippen molar-refractivity contribution in [3.05, 3.63) is 0 Å². The van der Waals surface area contributed by atoms with Crippen molar-refractivity contribution in [2.24, 2.45) is 0 Å². The molecule has 1 aliphatic rings. The lowest BCUT2D eigenvalue weighted by Gasteiger charge is -2.29. The Balaban J connectivity index is 2.26. The van der Waals surface area contributed by atoms with Crippen molar-refractivity contribution in [1.82, 2.24) is 0 Å². The van der Waals surface area contributed by atoms with Crippen LogP contribution in [-0.2, 0) is 0 Å². The molecule has 1 heterocycles. The zero-order chi connectivity index (χ0) is 8.81. The maximum Gasteiger partial charge on any atom is 0.0166 e. The molecule has 12 heavy (non-hydrogen) atoms. The first-order valence-electron chi connectivity index (χ1n) is 5.11. The highest BCUT2D eigenvalue weighted by Gasteiger charge is 2.23. The lowest BCUT2D eigenvalue weighted by Crippen LogP contribution is -2.24. The van der Waals surface area contributed by atoms with Crippen LogP contribution in [0.4, 0.5) is 0 Å². The Morgan fingerprint density at radius 1 is 1.08 bits per heavy atom. The highest BCUT2D eigenvalue weighted by molar-refractivity contribution is 8.07. The molecule has 2 heteroatoms. The van der Waals surface area contributed by atoms with Crippen molar-refractivity contribution in [1.29, 1.82) is 0 Å². The molecule has 0 bridgehead atoms. The van der Waals surface area contributed by atoms with Gasteiger partial charge in [0, 0.05) is 22.0 Å². The van der Waals surface area contributed by atoms with Crippen LogP contribution in [0.15, 0.2) is 0 Å². The fourth-order valence-electron chi connectivity index (χ4n) is 1.67. The third-order valence-corrected chi connectivity index (χ3v) is 5.80. The predicted octanol–water partition coefficient (Wildman–Crippen LogP) is 3.80. The van der Waals surface area contributed by atoms with Gasteiger partial charge < -0.3 is 0 Å². The molecule has 0 amide bonds. The van der Waals surface area contributed by atoms with Crippen molar-refractivity contribution in [3.63, 3.8) is 0 Å². The zero-order valence-corrected chi connectivity index (χ0v) is 9.85. The molecule has 0 nitrogen and oxygen atoms in total. The van der Waals surface area contributed by atoms with Gasteiger partial charge in [-0.3, -0.25) is 0 Å². The van der Waals surface area contributed by atoms with Crippen LogP contribution in [0.2, 0.25) is 0 Å². The number of thioether (sulfide) groups is 2. The summed E-state index contributed by atoms with van der Waals surface area (Å²) in [5, 5.41) is 1.92. The van der Waals surface area contributed by atoms with Crippen molar-refractivity contribution in [2.45, 2.75) is 50.0 Å². The molecule has 1 saturated heterocycles. The van der Waals surface area contributed by atoms with E-state index < -0.39 is 0 Å². The molecule has 2 atom stereocenters. The van der Waals surface area contributed by atoms with Gasteiger partial charge in [-0.2, -0.15) is 23.5 Å². The van der Waals surface area contributed by atoms with E-state index in [1.54, 1.807) is 0 Å². The van der Waals surface area contributed by atoms with Crippen molar-refractivity contribution < 1.29 is 0 Å². The summed E-state index contributed by atoms with van der Waals surface area (Å²) in [6.45, 7) is 4.63. The van der Waals surface area contributed by atoms with Gasteiger partial charge in [-0.25, -0.2) is 0 Å². The summed E-state index contributed by atoms with van der Waals surface area (Å²) in [4.78, 5) is 0. The van der Waals surface area contributed by atoms with Crippen LogP contribution in [0, 0.1) is 0 Å². The molecule has 0 unspecified atom stereocenters. The number of unbranched alkanes of at least 4 members (excludes halogenated alkanes) is 1. The van der Waals surface area contributed by atoms with Crippen molar-refractivity contribution in [2.75, 3.05) is 11.5 Å². The van der Waals surface area contributed by atoms with Crippen LogP contribution >= 0.6 is 23.5 Å². The largest absolute Gasteiger partial charge is 0.157 e. The molecule has 0 radical (unpaired) electrons. The average Bonchev–Trinajstić information content (AvgIpc) is 2.15. The molecule has 0 aliphatic carbocycles. The maximum atomic E-state index is 2.34. The van der Waals surface area contributed by atoms with E-state index in [0.717, 1.165) is 10.5 Å². The van der Waals surface area contributed by atoms with Gasteiger partial charge in [-0.15, -0.1) is 0 Å². The highest BCUT2D eigenvalue weighted by atomic mass is 32.2. The minimum atomic E-state index is 0.954. The first-order chi connectivity index (χ1) is 5.88. The summed E-state index contributed by atoms with van der Waals surface area (Å²) >= 11 is 4.42. The molecule has 1 fully saturated rings. The normalized spacial score (nSPS) is 30.5. The maximum absolute atomic E-state index is 2.34. The Labute approximate surface area is 85.3 Å². The van der Waals surface area contributed by atoms with Gasteiger partial charge in [0.1, 0.15) is 0 Å². The number of hydrogen-bond acceptors (Lipinski definition) is 2. The van der Waals surface area contributed by atoms with Crippen LogP contribution in [-0.4, -0.2) is 22.0 Å². The molecule has 0 aromatic heterocycles. The third-order valence-electron chi connectivity index (χ3n) is 2.41. The summed E-state index contributed by atoms with van der Waals surface area (Å²) < 4.78 is 0. The summed E-state index contributed by atoms with van der Waals surface area (Å²) in [6, 6.07) is 0. The van der Waals surface area contributed by atoms with Gasteiger partial charge >= 0.3 is 0 Å². The first-order valence-corrected chi connectivity index (χ1v) is 7.21. The smallest absolute Gasteiger partial charge is 0.0166 e. The van der Waals surface area contributed by atoms with Gasteiger partial charge in [-0.05, 0) is 12.8 Å². The Kier molecular flexibility index (Phi) is 5.57. The number of rotatable bonds is 4. The van der Waals surface area contributed by atoms with Gasteiger partial charge in [0.05, 0.1) is 0 Å². The third kappa shape index (κ3) is 3.21. The van der Waals surface area contributed by atoms with E-state index in [1.165, 1.54) is 37.2 Å². The van der Waals surface area contributed by atoms with Gasteiger partial charge in [-0.1, -0.05) is 26.7 Å². The van der Waals surface area contributed by atoms with Crippen LogP contribution in [0.25, 0.3) is 0 Å². The van der Waals surface area contributed by atoms with E-state index >= 15 is 0 Å². The Hall–Kier alpha value is 0.700. The lowest BCUT2D eigenvalue weighted by molar-refractivity contribution is 0.647. The Bertz CT molecular complexity index is 114. The van der Waals surface area contributed by atoms with Gasteiger partial charge in [0.25, 0.3) is 0 Å². The van der Waals surface area contributed by atoms with Crippen LogP contribution in [0.1, 0.15) is 39.5 Å². The second-order valence-electron chi connectivity index (χ2n) is 3.37. The fraction of sp³-hybridized carbons (Fsp3) is 1.00. The van der Waals surface area contributed by atoms with Crippen LogP contribution in [0.5, 0.6) is 0 Å². The first kappa shape index (κ1) is 10.8. The molecule has 0 aromatic carbocycles. The molecular weight excluding hydrogens is 184 g/mol. The molecule has 0 spiro atoms. The quantitative estimate of drug-likeness (QED) is 0.683. The lowest BCUT2D eigenvalue weighted by atomic mass is 10.1. The second kappa shape index (κ2) is 6.20. The SMILES string of the molecule is CCCC[C@H]1SCCS[C@H]1CC. The average molecular weight is 204 g/mol. The van der Waals surface area contributed by atoms with E-state index in [0.29, 0.717) is 0 Å². The minimum absolute atomic E-state index is 0.954. The summed E-state index contributed by atoms with van der Waals surface area (Å²) in [5.41, 5.74) is 0. The summed E-state index contributed by atoms with van der Waals surface area (Å²) in [7, 11) is 0. The zero-order valence-electron chi connectivity index (χ0n) is 8.21. The summed E-state index contributed by atoms with van der Waals surface area (Å²) in [6.07, 6.45) is 5.60. The number of hydrogen-bond donors (Lipinski definition) is 0. The molecule has 1 rings (SSSR count). The summed E-state index contributed by atoms with van der Waals surface area (Å²) in [5.74, 6) is 2.77. The molecule has 72 valence electrons. The monoisotopic (exact) mass is 204 g/mol. The standard InChI is InChI=1S/C10H20S2/c1-3-5-6-10-9(4-2)11-7-8-12-10/h9-10H,3-8H2,1-2H3/t9-,10+/m0/s1. The van der Waals surface area contributed by atoms with Gasteiger partial charge in [0.2, 0.25) is 0 Å². The molecule has 0 saturated carbocycles. The molecule has 0 aromatic rings. The van der Waals surface area contributed by atoms with E-state index in [4.69, 9.17) is 0 Å². The van der Waals surface area contributed by atoms with E-state index in [9.17, 15) is 0 Å². The Morgan fingerprint density at radius 3 is 2.33 bits per heavy atom. The van der Waals surface area contributed by atoms with E-state index in [2.05, 4.69) is 37.4 Å². The minimum Gasteiger partial charge on any atom is -0.157 e. The van der Waals surface area contributed by atoms with Gasteiger partial charge in [0.15, 0.2) is 0 Å². The van der Waals surface area contributed by atoms with Crippen LogP contribution in [0.3, 0.4) is 0 Å². The van der Waals surface area contributed by atoms with Crippen molar-refractivity contribution >= 4 is 23.5 Å². The van der Waals surface area contributed by atoms with E-state index in [1.807, 2.05) is 0 Å². The molecule has 0 N–H and O–H groups in total. The molecular formula is C10H20S2. The van der Waals surface area contributed by atoms with E-state index in [-0.39, 0.29) is 0 Å².